The number of hydrogen-bond donors (Lipinski definition) is 3. The van der Waals surface area contributed by atoms with Crippen LogP contribution >= 0.6 is 34.6 Å². The highest BCUT2D eigenvalue weighted by molar-refractivity contribution is 8.02. The summed E-state index contributed by atoms with van der Waals surface area (Å²) in [6.07, 6.45) is 0. The Labute approximate surface area is 160 Å². The molecule has 0 fully saturated rings. The van der Waals surface area contributed by atoms with Gasteiger partial charge in [0.1, 0.15) is 0 Å². The van der Waals surface area contributed by atoms with Gasteiger partial charge in [0.25, 0.3) is 0 Å². The van der Waals surface area contributed by atoms with Crippen LogP contribution in [-0.4, -0.2) is 26.3 Å². The molecule has 0 saturated heterocycles. The van der Waals surface area contributed by atoms with E-state index in [9.17, 15) is 4.79 Å². The van der Waals surface area contributed by atoms with Crippen LogP contribution in [0.25, 0.3) is 10.2 Å². The third-order valence-corrected chi connectivity index (χ3v) is 6.08. The minimum atomic E-state index is -1.11. The van der Waals surface area contributed by atoms with Gasteiger partial charge in [0.2, 0.25) is 0 Å². The lowest BCUT2D eigenvalue weighted by Crippen LogP contribution is -2.03. The Balaban J connectivity index is 1.49. The number of carboxylic acids is 1. The fourth-order valence-electron chi connectivity index (χ4n) is 2.09. The standard InChI is InChI=1S/C16H11N5O2S3/c22-15(23)11-5-6-13(20-19-11)18-16-17-10-4-3-9(8-12(10)25-16)21-26-14-2-1-7-24-14/h1-8,21H,(H,22,23)(H,17,18,20). The Bertz CT molecular complexity index is 1050. The maximum Gasteiger partial charge on any atom is 0.356 e. The van der Waals surface area contributed by atoms with Crippen LogP contribution in [0.2, 0.25) is 0 Å². The van der Waals surface area contributed by atoms with Crippen molar-refractivity contribution in [3.63, 3.8) is 0 Å². The monoisotopic (exact) mass is 401 g/mol. The molecule has 3 N–H and O–H groups in total. The highest BCUT2D eigenvalue weighted by atomic mass is 32.2. The number of carbonyl (C=O) groups is 1. The molecule has 7 nitrogen and oxygen atoms in total. The Morgan fingerprint density at radius 3 is 2.81 bits per heavy atom. The molecule has 1 aromatic carbocycles. The first kappa shape index (κ1) is 16.8. The lowest BCUT2D eigenvalue weighted by atomic mass is 10.3. The summed E-state index contributed by atoms with van der Waals surface area (Å²) in [6, 6.07) is 13.0. The van der Waals surface area contributed by atoms with Crippen molar-refractivity contribution in [2.45, 2.75) is 4.21 Å². The minimum Gasteiger partial charge on any atom is -0.476 e. The topological polar surface area (TPSA) is 100 Å². The Morgan fingerprint density at radius 2 is 2.08 bits per heavy atom. The Hall–Kier alpha value is -2.69. The zero-order valence-corrected chi connectivity index (χ0v) is 15.5. The van der Waals surface area contributed by atoms with Crippen molar-refractivity contribution in [1.82, 2.24) is 15.2 Å². The summed E-state index contributed by atoms with van der Waals surface area (Å²) in [7, 11) is 0. The van der Waals surface area contributed by atoms with E-state index in [0.717, 1.165) is 15.9 Å². The van der Waals surface area contributed by atoms with E-state index in [4.69, 9.17) is 5.11 Å². The largest absolute Gasteiger partial charge is 0.476 e. The summed E-state index contributed by atoms with van der Waals surface area (Å²) < 4.78 is 5.54. The lowest BCUT2D eigenvalue weighted by molar-refractivity contribution is 0.0689. The number of anilines is 3. The second-order valence-corrected chi connectivity index (χ2v) is 8.16. The molecule has 26 heavy (non-hydrogen) atoms. The van der Waals surface area contributed by atoms with E-state index in [0.29, 0.717) is 10.9 Å². The van der Waals surface area contributed by atoms with Gasteiger partial charge in [-0.1, -0.05) is 17.4 Å². The molecule has 0 aliphatic heterocycles. The molecule has 0 spiro atoms. The lowest BCUT2D eigenvalue weighted by Gasteiger charge is -2.02. The van der Waals surface area contributed by atoms with Gasteiger partial charge in [-0.15, -0.1) is 21.5 Å². The van der Waals surface area contributed by atoms with Gasteiger partial charge in [-0.25, -0.2) is 9.78 Å². The van der Waals surface area contributed by atoms with Crippen molar-refractivity contribution in [3.05, 3.63) is 53.5 Å². The summed E-state index contributed by atoms with van der Waals surface area (Å²) in [5, 5.41) is 22.1. The summed E-state index contributed by atoms with van der Waals surface area (Å²) >= 11 is 4.74. The number of benzene rings is 1. The van der Waals surface area contributed by atoms with Crippen LogP contribution < -0.4 is 10.0 Å². The number of nitrogens with zero attached hydrogens (tertiary/aromatic N) is 3. The van der Waals surface area contributed by atoms with E-state index in [1.807, 2.05) is 29.6 Å². The number of thiazole rings is 1. The molecule has 4 rings (SSSR count). The number of nitrogens with one attached hydrogen (secondary N) is 2. The molecule has 0 amide bonds. The summed E-state index contributed by atoms with van der Waals surface area (Å²) in [5.41, 5.74) is 1.77. The number of fused-ring (bicyclic) bond motifs is 1. The van der Waals surface area contributed by atoms with Crippen LogP contribution in [0.15, 0.2) is 52.1 Å². The van der Waals surface area contributed by atoms with Crippen molar-refractivity contribution >= 4 is 67.4 Å². The zero-order chi connectivity index (χ0) is 17.9. The third kappa shape index (κ3) is 3.77. The van der Waals surface area contributed by atoms with Gasteiger partial charge in [-0.2, -0.15) is 0 Å². The molecule has 0 unspecified atom stereocenters. The molecule has 3 aromatic heterocycles. The van der Waals surface area contributed by atoms with Crippen molar-refractivity contribution in [1.29, 1.82) is 0 Å². The van der Waals surface area contributed by atoms with E-state index in [1.54, 1.807) is 29.4 Å². The Kier molecular flexibility index (Phi) is 4.69. The number of thiophene rings is 1. The van der Waals surface area contributed by atoms with E-state index in [-0.39, 0.29) is 5.69 Å². The van der Waals surface area contributed by atoms with Crippen molar-refractivity contribution in [3.8, 4) is 0 Å². The molecule has 130 valence electrons. The van der Waals surface area contributed by atoms with Gasteiger partial charge in [0.05, 0.1) is 14.4 Å². The maximum absolute atomic E-state index is 10.8. The van der Waals surface area contributed by atoms with Crippen molar-refractivity contribution < 1.29 is 9.90 Å². The normalized spacial score (nSPS) is 10.8. The van der Waals surface area contributed by atoms with Gasteiger partial charge in [-0.05, 0) is 53.7 Å². The van der Waals surface area contributed by atoms with E-state index in [1.165, 1.54) is 21.6 Å². The molecule has 0 saturated carbocycles. The van der Waals surface area contributed by atoms with Crippen LogP contribution in [0.3, 0.4) is 0 Å². The van der Waals surface area contributed by atoms with Gasteiger partial charge in [-0.3, -0.25) is 0 Å². The summed E-state index contributed by atoms with van der Waals surface area (Å²) in [4.78, 5) is 15.3. The van der Waals surface area contributed by atoms with Crippen LogP contribution in [0, 0.1) is 0 Å². The number of carboxylic acid groups (broad SMARTS) is 1. The molecule has 0 radical (unpaired) electrons. The van der Waals surface area contributed by atoms with E-state index in [2.05, 4.69) is 31.3 Å². The number of rotatable bonds is 6. The molecule has 0 aliphatic carbocycles. The second-order valence-electron chi connectivity index (χ2n) is 5.07. The summed E-state index contributed by atoms with van der Waals surface area (Å²) in [6.45, 7) is 0. The average Bonchev–Trinajstić information content (AvgIpc) is 3.29. The first-order chi connectivity index (χ1) is 12.7. The molecule has 0 atom stereocenters. The molecule has 10 heteroatoms. The third-order valence-electron chi connectivity index (χ3n) is 3.27. The molecule has 3 heterocycles. The van der Waals surface area contributed by atoms with Crippen LogP contribution in [0.1, 0.15) is 10.5 Å². The van der Waals surface area contributed by atoms with Crippen molar-refractivity contribution in [2.75, 3.05) is 10.0 Å². The number of aromatic carboxylic acids is 1. The smallest absolute Gasteiger partial charge is 0.356 e. The van der Waals surface area contributed by atoms with Gasteiger partial charge in [0.15, 0.2) is 16.6 Å². The minimum absolute atomic E-state index is 0.0983. The zero-order valence-electron chi connectivity index (χ0n) is 13.0. The fourth-order valence-corrected chi connectivity index (χ4v) is 4.43. The van der Waals surface area contributed by atoms with Crippen LogP contribution in [0.5, 0.6) is 0 Å². The van der Waals surface area contributed by atoms with Crippen LogP contribution in [-0.2, 0) is 0 Å². The second kappa shape index (κ2) is 7.28. The van der Waals surface area contributed by atoms with Gasteiger partial charge in [0, 0.05) is 5.69 Å². The fraction of sp³-hybridized carbons (Fsp3) is 0. The highest BCUT2D eigenvalue weighted by Gasteiger charge is 2.08. The SMILES string of the molecule is O=C(O)c1ccc(Nc2nc3ccc(NSc4cccs4)cc3s2)nn1. The first-order valence-electron chi connectivity index (χ1n) is 7.38. The predicted octanol–water partition coefficient (Wildman–Crippen LogP) is 4.71. The van der Waals surface area contributed by atoms with E-state index >= 15 is 0 Å². The first-order valence-corrected chi connectivity index (χ1v) is 9.90. The number of aromatic nitrogens is 3. The number of hydrogen-bond acceptors (Lipinski definition) is 9. The van der Waals surface area contributed by atoms with E-state index < -0.39 is 5.97 Å². The molecule has 0 bridgehead atoms. The highest BCUT2D eigenvalue weighted by Crippen LogP contribution is 2.32. The Morgan fingerprint density at radius 1 is 1.15 bits per heavy atom. The maximum atomic E-state index is 10.8. The molecular formula is C16H11N5O2S3. The van der Waals surface area contributed by atoms with Crippen LogP contribution in [0.4, 0.5) is 16.6 Å². The van der Waals surface area contributed by atoms with Gasteiger partial charge < -0.3 is 15.1 Å². The summed E-state index contributed by atoms with van der Waals surface area (Å²) in [5.74, 6) is -0.662. The molecule has 0 aliphatic rings. The molecular weight excluding hydrogens is 390 g/mol. The quantitative estimate of drug-likeness (QED) is 0.400. The van der Waals surface area contributed by atoms with Crippen molar-refractivity contribution in [2.24, 2.45) is 0 Å². The predicted molar refractivity (Wildman–Crippen MR) is 106 cm³/mol. The average molecular weight is 401 g/mol. The van der Waals surface area contributed by atoms with Gasteiger partial charge >= 0.3 is 5.97 Å². The molecule has 4 aromatic rings.